The summed E-state index contributed by atoms with van der Waals surface area (Å²) in [4.78, 5) is 40.1. The molecule has 3 heterocycles. The molecule has 3 rings (SSSR count). The lowest BCUT2D eigenvalue weighted by Crippen LogP contribution is -2.41. The summed E-state index contributed by atoms with van der Waals surface area (Å²) in [5.41, 5.74) is 0. The van der Waals surface area contributed by atoms with Gasteiger partial charge in [-0.3, -0.25) is 9.59 Å². The van der Waals surface area contributed by atoms with Crippen molar-refractivity contribution in [3.63, 3.8) is 0 Å². The first kappa shape index (κ1) is 19.5. The van der Waals surface area contributed by atoms with Crippen molar-refractivity contribution < 1.29 is 23.9 Å². The number of rotatable bonds is 7. The van der Waals surface area contributed by atoms with Crippen molar-refractivity contribution in [2.24, 2.45) is 0 Å². The van der Waals surface area contributed by atoms with Gasteiger partial charge < -0.3 is 14.4 Å². The van der Waals surface area contributed by atoms with Crippen molar-refractivity contribution in [3.8, 4) is 0 Å². The first-order valence-electron chi connectivity index (χ1n) is 8.47. The molecule has 0 spiro atoms. The number of ketones is 1. The van der Waals surface area contributed by atoms with Gasteiger partial charge in [-0.25, -0.2) is 4.79 Å². The first-order valence-corrected chi connectivity index (χ1v) is 10.2. The highest BCUT2D eigenvalue weighted by atomic mass is 32.1. The predicted molar refractivity (Wildman–Crippen MR) is 104 cm³/mol. The van der Waals surface area contributed by atoms with Gasteiger partial charge in [0.2, 0.25) is 11.7 Å². The number of amides is 1. The summed E-state index contributed by atoms with van der Waals surface area (Å²) in [5.74, 6) is -0.803. The number of hydrogen-bond donors (Lipinski definition) is 0. The van der Waals surface area contributed by atoms with Gasteiger partial charge >= 0.3 is 5.97 Å². The molecule has 0 radical (unpaired) electrons. The Morgan fingerprint density at radius 2 is 2.00 bits per heavy atom. The zero-order valence-corrected chi connectivity index (χ0v) is 16.2. The lowest BCUT2D eigenvalue weighted by atomic mass is 10.2. The van der Waals surface area contributed by atoms with E-state index in [9.17, 15) is 14.4 Å². The fraction of sp³-hybridized carbons (Fsp3) is 0.316. The summed E-state index contributed by atoms with van der Waals surface area (Å²) in [6, 6.07) is 7.21. The van der Waals surface area contributed by atoms with Crippen LogP contribution in [0.2, 0.25) is 0 Å². The number of nitrogens with zero attached hydrogens (tertiary/aromatic N) is 1. The summed E-state index contributed by atoms with van der Waals surface area (Å²) in [5, 5.41) is 1.91. The minimum atomic E-state index is -0.559. The van der Waals surface area contributed by atoms with E-state index >= 15 is 0 Å². The number of ether oxygens (including phenoxy) is 2. The number of morpholine rings is 1. The van der Waals surface area contributed by atoms with Gasteiger partial charge in [0.1, 0.15) is 0 Å². The maximum absolute atomic E-state index is 12.2. The van der Waals surface area contributed by atoms with Gasteiger partial charge in [-0.1, -0.05) is 6.07 Å². The fourth-order valence-electron chi connectivity index (χ4n) is 2.49. The van der Waals surface area contributed by atoms with E-state index in [4.69, 9.17) is 9.47 Å². The van der Waals surface area contributed by atoms with Gasteiger partial charge in [0.05, 0.1) is 24.5 Å². The molecule has 6 nitrogen and oxygen atoms in total. The Bertz CT molecular complexity index is 819. The zero-order chi connectivity index (χ0) is 19.1. The highest BCUT2D eigenvalue weighted by Crippen LogP contribution is 2.19. The topological polar surface area (TPSA) is 72.9 Å². The lowest BCUT2D eigenvalue weighted by Gasteiger charge is -2.26. The van der Waals surface area contributed by atoms with E-state index in [1.165, 1.54) is 28.7 Å². The Morgan fingerprint density at radius 3 is 2.74 bits per heavy atom. The normalized spacial score (nSPS) is 14.4. The molecule has 0 aromatic carbocycles. The molecule has 1 amide bonds. The third-order valence-corrected chi connectivity index (χ3v) is 5.86. The molecule has 0 aliphatic carbocycles. The fourth-order valence-corrected chi connectivity index (χ4v) is 4.03. The molecule has 0 unspecified atom stereocenters. The summed E-state index contributed by atoms with van der Waals surface area (Å²) >= 11 is 2.77. The van der Waals surface area contributed by atoms with Crippen molar-refractivity contribution in [1.82, 2.24) is 4.90 Å². The lowest BCUT2D eigenvalue weighted by molar-refractivity contribution is -0.136. The van der Waals surface area contributed by atoms with Crippen LogP contribution < -0.4 is 0 Å². The van der Waals surface area contributed by atoms with Crippen LogP contribution in [-0.4, -0.2) is 55.5 Å². The van der Waals surface area contributed by atoms with Crippen molar-refractivity contribution in [2.45, 2.75) is 6.42 Å². The second-order valence-corrected chi connectivity index (χ2v) is 7.96. The van der Waals surface area contributed by atoms with Crippen LogP contribution in [-0.2, 0) is 25.5 Å². The smallest absolute Gasteiger partial charge is 0.331 e. The van der Waals surface area contributed by atoms with Crippen molar-refractivity contribution in [3.05, 3.63) is 50.4 Å². The molecule has 0 N–H and O–H groups in total. The number of esters is 1. The van der Waals surface area contributed by atoms with Crippen LogP contribution in [0.4, 0.5) is 0 Å². The van der Waals surface area contributed by atoms with E-state index in [1.807, 2.05) is 17.5 Å². The molecular formula is C19H19NO5S2. The summed E-state index contributed by atoms with van der Waals surface area (Å²) in [7, 11) is 0. The minimum absolute atomic E-state index is 0.0318. The highest BCUT2D eigenvalue weighted by molar-refractivity contribution is 7.14. The van der Waals surface area contributed by atoms with Crippen LogP contribution in [0.1, 0.15) is 19.4 Å². The number of thiophene rings is 2. The van der Waals surface area contributed by atoms with Crippen molar-refractivity contribution in [2.75, 3.05) is 32.9 Å². The molecule has 27 heavy (non-hydrogen) atoms. The molecule has 1 aliphatic heterocycles. The molecule has 2 aromatic heterocycles. The van der Waals surface area contributed by atoms with Gasteiger partial charge in [0, 0.05) is 28.9 Å². The summed E-state index contributed by atoms with van der Waals surface area (Å²) in [6.07, 6.45) is 3.22. The monoisotopic (exact) mass is 405 g/mol. The standard InChI is InChI=1S/C19H19NO5S2/c21-16(13-25-19(23)6-4-14-2-1-11-26-14)17-5-3-15(27-17)12-18(22)20-7-9-24-10-8-20/h1-6,11H,7-10,12-13H2/b6-4+. The quantitative estimate of drug-likeness (QED) is 0.402. The van der Waals surface area contributed by atoms with E-state index < -0.39 is 5.97 Å². The average molecular weight is 405 g/mol. The number of hydrogen-bond acceptors (Lipinski definition) is 7. The molecule has 1 fully saturated rings. The van der Waals surface area contributed by atoms with Crippen LogP contribution in [0.15, 0.2) is 35.7 Å². The molecule has 8 heteroatoms. The third-order valence-electron chi connectivity index (χ3n) is 3.90. The van der Waals surface area contributed by atoms with E-state index in [1.54, 1.807) is 23.1 Å². The van der Waals surface area contributed by atoms with Gasteiger partial charge in [-0.15, -0.1) is 22.7 Å². The average Bonchev–Trinajstić information content (AvgIpc) is 3.37. The SMILES string of the molecule is O=C(/C=C/c1cccs1)OCC(=O)c1ccc(CC(=O)N2CCOCC2)s1. The molecule has 1 saturated heterocycles. The second-order valence-electron chi connectivity index (χ2n) is 5.82. The summed E-state index contributed by atoms with van der Waals surface area (Å²) in [6.45, 7) is 2.01. The van der Waals surface area contributed by atoms with Crippen LogP contribution in [0, 0.1) is 0 Å². The predicted octanol–water partition coefficient (Wildman–Crippen LogP) is 2.65. The second kappa shape index (κ2) is 9.59. The Balaban J connectivity index is 1.46. The number of carbonyl (C=O) groups excluding carboxylic acids is 3. The van der Waals surface area contributed by atoms with Gasteiger partial charge in [-0.05, 0) is 29.7 Å². The van der Waals surface area contributed by atoms with E-state index in [0.29, 0.717) is 31.2 Å². The van der Waals surface area contributed by atoms with E-state index in [-0.39, 0.29) is 24.7 Å². The van der Waals surface area contributed by atoms with Gasteiger partial charge in [0.15, 0.2) is 6.61 Å². The Kier molecular flexibility index (Phi) is 6.92. The third kappa shape index (κ3) is 5.85. The van der Waals surface area contributed by atoms with E-state index in [0.717, 1.165) is 9.75 Å². The largest absolute Gasteiger partial charge is 0.454 e. The van der Waals surface area contributed by atoms with E-state index in [2.05, 4.69) is 0 Å². The van der Waals surface area contributed by atoms with Gasteiger partial charge in [0.25, 0.3) is 0 Å². The minimum Gasteiger partial charge on any atom is -0.454 e. The Hall–Kier alpha value is -2.29. The highest BCUT2D eigenvalue weighted by Gasteiger charge is 2.19. The Labute approximate surface area is 165 Å². The summed E-state index contributed by atoms with van der Waals surface area (Å²) < 4.78 is 10.2. The molecule has 142 valence electrons. The zero-order valence-electron chi connectivity index (χ0n) is 14.6. The number of carbonyl (C=O) groups is 3. The molecule has 0 atom stereocenters. The first-order chi connectivity index (χ1) is 13.1. The van der Waals surface area contributed by atoms with Crippen LogP contribution in [0.25, 0.3) is 6.08 Å². The molecule has 0 saturated carbocycles. The van der Waals surface area contributed by atoms with Crippen molar-refractivity contribution in [1.29, 1.82) is 0 Å². The van der Waals surface area contributed by atoms with Crippen molar-refractivity contribution >= 4 is 46.4 Å². The maximum Gasteiger partial charge on any atom is 0.331 e. The maximum atomic E-state index is 12.2. The molecular weight excluding hydrogens is 386 g/mol. The molecule has 0 bridgehead atoms. The number of Topliss-reactive ketones (excluding diaryl/α,β-unsaturated/α-hetero) is 1. The molecule has 1 aliphatic rings. The van der Waals surface area contributed by atoms with Gasteiger partial charge in [-0.2, -0.15) is 0 Å². The Morgan fingerprint density at radius 1 is 1.19 bits per heavy atom. The van der Waals surface area contributed by atoms with Crippen LogP contribution in [0.5, 0.6) is 0 Å². The van der Waals surface area contributed by atoms with Crippen LogP contribution >= 0.6 is 22.7 Å². The molecule has 2 aromatic rings. The van der Waals surface area contributed by atoms with Crippen LogP contribution in [0.3, 0.4) is 0 Å².